The van der Waals surface area contributed by atoms with Crippen LogP contribution in [-0.2, 0) is 4.79 Å². The van der Waals surface area contributed by atoms with Crippen LogP contribution < -0.4 is 0 Å². The van der Waals surface area contributed by atoms with Crippen molar-refractivity contribution < 1.29 is 9.90 Å². The summed E-state index contributed by atoms with van der Waals surface area (Å²) in [7, 11) is 0. The van der Waals surface area contributed by atoms with E-state index in [1.165, 1.54) is 6.08 Å². The van der Waals surface area contributed by atoms with Gasteiger partial charge in [0.25, 0.3) is 0 Å². The summed E-state index contributed by atoms with van der Waals surface area (Å²) in [6.45, 7) is 6.14. The number of aliphatic hydroxyl groups excluding tert-OH is 1. The van der Waals surface area contributed by atoms with Crippen molar-refractivity contribution >= 4 is 5.91 Å². The summed E-state index contributed by atoms with van der Waals surface area (Å²) in [6, 6.07) is 0.00972. The molecular weight excluding hydrogens is 166 g/mol. The highest BCUT2D eigenvalue weighted by Gasteiger charge is 2.31. The molecule has 0 bridgehead atoms. The zero-order valence-electron chi connectivity index (χ0n) is 8.07. The van der Waals surface area contributed by atoms with Crippen molar-refractivity contribution in [3.8, 4) is 0 Å². The molecule has 3 heteroatoms. The van der Waals surface area contributed by atoms with Crippen molar-refractivity contribution in [2.45, 2.75) is 38.3 Å². The fourth-order valence-corrected chi connectivity index (χ4v) is 1.86. The van der Waals surface area contributed by atoms with E-state index in [2.05, 4.69) is 6.58 Å². The number of aliphatic hydroxyl groups is 1. The largest absolute Gasteiger partial charge is 0.391 e. The molecule has 3 nitrogen and oxygen atoms in total. The normalized spacial score (nSPS) is 24.5. The smallest absolute Gasteiger partial charge is 0.246 e. The van der Waals surface area contributed by atoms with Gasteiger partial charge in [-0.05, 0) is 25.3 Å². The fourth-order valence-electron chi connectivity index (χ4n) is 1.86. The Bertz CT molecular complexity index is 203. The van der Waals surface area contributed by atoms with E-state index >= 15 is 0 Å². The molecule has 1 amide bonds. The van der Waals surface area contributed by atoms with Gasteiger partial charge in [0.15, 0.2) is 0 Å². The molecule has 74 valence electrons. The molecule has 0 aromatic carbocycles. The van der Waals surface area contributed by atoms with Gasteiger partial charge in [-0.2, -0.15) is 0 Å². The van der Waals surface area contributed by atoms with Crippen LogP contribution in [0.4, 0.5) is 0 Å². The van der Waals surface area contributed by atoms with Crippen LogP contribution in [0.5, 0.6) is 0 Å². The second-order valence-electron chi connectivity index (χ2n) is 3.42. The second-order valence-corrected chi connectivity index (χ2v) is 3.42. The summed E-state index contributed by atoms with van der Waals surface area (Å²) >= 11 is 0. The van der Waals surface area contributed by atoms with Crippen molar-refractivity contribution in [1.82, 2.24) is 4.90 Å². The zero-order chi connectivity index (χ0) is 9.84. The van der Waals surface area contributed by atoms with Gasteiger partial charge in [-0.3, -0.25) is 4.79 Å². The van der Waals surface area contributed by atoms with Crippen LogP contribution in [0, 0.1) is 0 Å². The van der Waals surface area contributed by atoms with Gasteiger partial charge in [-0.1, -0.05) is 13.5 Å². The predicted octanol–water partition coefficient (Wildman–Crippen LogP) is 0.934. The minimum Gasteiger partial charge on any atom is -0.391 e. The first kappa shape index (κ1) is 10.3. The van der Waals surface area contributed by atoms with Gasteiger partial charge < -0.3 is 10.0 Å². The van der Waals surface area contributed by atoms with E-state index < -0.39 is 0 Å². The van der Waals surface area contributed by atoms with Crippen LogP contribution in [0.3, 0.4) is 0 Å². The molecule has 1 aliphatic heterocycles. The number of rotatable bonds is 3. The summed E-state index contributed by atoms with van der Waals surface area (Å²) in [5.41, 5.74) is 0. The minimum absolute atomic E-state index is 0.00972. The van der Waals surface area contributed by atoms with Gasteiger partial charge in [-0.25, -0.2) is 0 Å². The highest BCUT2D eigenvalue weighted by atomic mass is 16.3. The first-order valence-corrected chi connectivity index (χ1v) is 4.81. The molecule has 2 atom stereocenters. The molecule has 1 N–H and O–H groups in total. The molecule has 1 fully saturated rings. The van der Waals surface area contributed by atoms with Crippen molar-refractivity contribution in [3.63, 3.8) is 0 Å². The lowest BCUT2D eigenvalue weighted by Crippen LogP contribution is -2.41. The van der Waals surface area contributed by atoms with Crippen molar-refractivity contribution in [2.24, 2.45) is 0 Å². The van der Waals surface area contributed by atoms with Crippen LogP contribution in [0.25, 0.3) is 0 Å². The predicted molar refractivity (Wildman–Crippen MR) is 51.2 cm³/mol. The molecule has 0 saturated carbocycles. The summed E-state index contributed by atoms with van der Waals surface area (Å²) in [4.78, 5) is 13.1. The number of carbonyl (C=O) groups is 1. The quantitative estimate of drug-likeness (QED) is 0.661. The molecule has 0 aromatic heterocycles. The minimum atomic E-state index is -0.383. The molecule has 0 radical (unpaired) electrons. The first-order valence-electron chi connectivity index (χ1n) is 4.81. The Hall–Kier alpha value is -0.830. The lowest BCUT2D eigenvalue weighted by molar-refractivity contribution is -0.128. The summed E-state index contributed by atoms with van der Waals surface area (Å²) in [5, 5.41) is 9.64. The molecule has 1 heterocycles. The Morgan fingerprint density at radius 3 is 3.08 bits per heavy atom. The number of nitrogens with zero attached hydrogens (tertiary/aromatic N) is 1. The molecule has 1 unspecified atom stereocenters. The molecular formula is C10H17NO2. The van der Waals surface area contributed by atoms with Gasteiger partial charge >= 0.3 is 0 Å². The Balaban J connectivity index is 2.63. The second kappa shape index (κ2) is 4.42. The third-order valence-electron chi connectivity index (χ3n) is 2.62. The third-order valence-corrected chi connectivity index (χ3v) is 2.62. The van der Waals surface area contributed by atoms with Gasteiger partial charge in [0, 0.05) is 6.54 Å². The molecule has 13 heavy (non-hydrogen) atoms. The van der Waals surface area contributed by atoms with E-state index in [-0.39, 0.29) is 18.1 Å². The van der Waals surface area contributed by atoms with Crippen molar-refractivity contribution in [1.29, 1.82) is 0 Å². The summed E-state index contributed by atoms with van der Waals surface area (Å²) in [6.07, 6.45) is 3.54. The van der Waals surface area contributed by atoms with E-state index in [0.29, 0.717) is 6.42 Å². The topological polar surface area (TPSA) is 40.5 Å². The van der Waals surface area contributed by atoms with Gasteiger partial charge in [0.2, 0.25) is 5.91 Å². The van der Waals surface area contributed by atoms with Gasteiger partial charge in [0.05, 0.1) is 12.1 Å². The standard InChI is InChI=1S/C10H17NO2/c1-3-9(12)8-6-5-7-11(8)10(13)4-2/h4,8-9,12H,2-3,5-7H2,1H3/t8-,9?/m0/s1. The van der Waals surface area contributed by atoms with E-state index in [1.54, 1.807) is 4.90 Å². The average Bonchev–Trinajstić information content (AvgIpc) is 2.63. The van der Waals surface area contributed by atoms with Crippen molar-refractivity contribution in [3.05, 3.63) is 12.7 Å². The van der Waals surface area contributed by atoms with Crippen molar-refractivity contribution in [2.75, 3.05) is 6.54 Å². The molecule has 1 saturated heterocycles. The highest BCUT2D eigenvalue weighted by molar-refractivity contribution is 5.87. The average molecular weight is 183 g/mol. The lowest BCUT2D eigenvalue weighted by atomic mass is 10.1. The maximum atomic E-state index is 11.3. The highest BCUT2D eigenvalue weighted by Crippen LogP contribution is 2.21. The molecule has 1 aliphatic rings. The van der Waals surface area contributed by atoms with Crippen LogP contribution in [0.2, 0.25) is 0 Å². The van der Waals surface area contributed by atoms with Crippen LogP contribution >= 0.6 is 0 Å². The number of hydrogen-bond donors (Lipinski definition) is 1. The molecule has 1 rings (SSSR count). The summed E-state index contributed by atoms with van der Waals surface area (Å²) < 4.78 is 0. The zero-order valence-corrected chi connectivity index (χ0v) is 8.07. The molecule has 0 spiro atoms. The fraction of sp³-hybridized carbons (Fsp3) is 0.700. The Morgan fingerprint density at radius 1 is 1.85 bits per heavy atom. The number of hydrogen-bond acceptors (Lipinski definition) is 2. The number of amides is 1. The Labute approximate surface area is 79.0 Å². The number of carbonyl (C=O) groups excluding carboxylic acids is 1. The lowest BCUT2D eigenvalue weighted by Gasteiger charge is -2.27. The SMILES string of the molecule is C=CC(=O)N1CCC[C@H]1C(O)CC. The Kier molecular flexibility index (Phi) is 3.48. The third kappa shape index (κ3) is 2.10. The maximum Gasteiger partial charge on any atom is 0.246 e. The number of likely N-dealkylation sites (tertiary alicyclic amines) is 1. The van der Waals surface area contributed by atoms with Crippen LogP contribution in [0.1, 0.15) is 26.2 Å². The van der Waals surface area contributed by atoms with Gasteiger partial charge in [-0.15, -0.1) is 0 Å². The van der Waals surface area contributed by atoms with E-state index in [4.69, 9.17) is 0 Å². The monoisotopic (exact) mass is 183 g/mol. The van der Waals surface area contributed by atoms with E-state index in [1.807, 2.05) is 6.92 Å². The molecule has 0 aromatic rings. The maximum absolute atomic E-state index is 11.3. The van der Waals surface area contributed by atoms with E-state index in [0.717, 1.165) is 19.4 Å². The van der Waals surface area contributed by atoms with E-state index in [9.17, 15) is 9.90 Å². The Morgan fingerprint density at radius 2 is 2.54 bits per heavy atom. The summed E-state index contributed by atoms with van der Waals surface area (Å²) in [5.74, 6) is -0.0602. The first-order chi connectivity index (χ1) is 6.20. The van der Waals surface area contributed by atoms with Crippen LogP contribution in [0.15, 0.2) is 12.7 Å². The van der Waals surface area contributed by atoms with Crippen LogP contribution in [-0.4, -0.2) is 34.6 Å². The molecule has 0 aliphatic carbocycles. The van der Waals surface area contributed by atoms with Gasteiger partial charge in [0.1, 0.15) is 0 Å².